The monoisotopic (exact) mass is 342 g/mol. The molecule has 122 valence electrons. The Bertz CT molecular complexity index is 527. The van der Waals surface area contributed by atoms with Crippen molar-refractivity contribution >= 4 is 29.9 Å². The molecule has 1 aliphatic heterocycles. The maximum atomic E-state index is 12.6. The fourth-order valence-corrected chi connectivity index (χ4v) is 3.65. The molecule has 0 radical (unpaired) electrons. The summed E-state index contributed by atoms with van der Waals surface area (Å²) in [6, 6.07) is 8.14. The summed E-state index contributed by atoms with van der Waals surface area (Å²) in [7, 11) is 0. The first kappa shape index (κ1) is 17.6. The summed E-state index contributed by atoms with van der Waals surface area (Å²) < 4.78 is 0. The zero-order valence-corrected chi connectivity index (χ0v) is 14.4. The Hall–Kier alpha value is -0.770. The van der Waals surface area contributed by atoms with Crippen LogP contribution in [0.3, 0.4) is 0 Å². The maximum Gasteiger partial charge on any atom is 0.226 e. The van der Waals surface area contributed by atoms with Crippen LogP contribution in [0.25, 0.3) is 0 Å². The lowest BCUT2D eigenvalue weighted by Gasteiger charge is -2.34. The van der Waals surface area contributed by atoms with Gasteiger partial charge >= 0.3 is 0 Å². The molecular weight excluding hydrogens is 319 g/mol. The second-order valence-corrected chi connectivity index (χ2v) is 6.96. The van der Waals surface area contributed by atoms with Gasteiger partial charge < -0.3 is 10.6 Å². The van der Waals surface area contributed by atoms with Crippen molar-refractivity contribution in [3.05, 3.63) is 34.9 Å². The first-order valence-corrected chi connectivity index (χ1v) is 8.24. The molecule has 2 N–H and O–H groups in total. The maximum absolute atomic E-state index is 12.6. The lowest BCUT2D eigenvalue weighted by Crippen LogP contribution is -2.43. The molecule has 22 heavy (non-hydrogen) atoms. The van der Waals surface area contributed by atoms with Crippen LogP contribution in [0.2, 0.25) is 5.02 Å². The van der Waals surface area contributed by atoms with Gasteiger partial charge in [0.15, 0.2) is 0 Å². The summed E-state index contributed by atoms with van der Waals surface area (Å²) in [5.41, 5.74) is 7.16. The van der Waals surface area contributed by atoms with E-state index in [0.717, 1.165) is 37.4 Å². The summed E-state index contributed by atoms with van der Waals surface area (Å²) in [6.07, 6.45) is 3.04. The summed E-state index contributed by atoms with van der Waals surface area (Å²) in [4.78, 5) is 14.6. The molecule has 1 aromatic carbocycles. The lowest BCUT2D eigenvalue weighted by molar-refractivity contribution is -0.134. The number of nitrogens with two attached hydrogens (primary N) is 1. The van der Waals surface area contributed by atoms with Crippen molar-refractivity contribution in [1.82, 2.24) is 4.90 Å². The number of rotatable bonds is 3. The van der Waals surface area contributed by atoms with Crippen LogP contribution < -0.4 is 5.73 Å². The minimum absolute atomic E-state index is 0. The van der Waals surface area contributed by atoms with Gasteiger partial charge in [0.05, 0.1) is 0 Å². The number of amides is 1. The van der Waals surface area contributed by atoms with E-state index in [1.165, 1.54) is 5.56 Å². The smallest absolute Gasteiger partial charge is 0.226 e. The SMILES string of the molecule is CC(N)C1CCN(C(=O)C2CC2c2cccc(Cl)c2)CC1.Cl. The molecule has 3 nitrogen and oxygen atoms in total. The number of likely N-dealkylation sites (tertiary alicyclic amines) is 1. The molecule has 0 aromatic heterocycles. The highest BCUT2D eigenvalue weighted by Crippen LogP contribution is 2.49. The van der Waals surface area contributed by atoms with Gasteiger partial charge in [-0.1, -0.05) is 23.7 Å². The van der Waals surface area contributed by atoms with Crippen molar-refractivity contribution in [2.45, 2.75) is 38.1 Å². The van der Waals surface area contributed by atoms with Gasteiger partial charge in [0.25, 0.3) is 0 Å². The van der Waals surface area contributed by atoms with Crippen LogP contribution in [-0.2, 0) is 4.79 Å². The van der Waals surface area contributed by atoms with Crippen LogP contribution in [0, 0.1) is 11.8 Å². The average Bonchev–Trinajstić information content (AvgIpc) is 3.27. The predicted molar refractivity (Wildman–Crippen MR) is 92.5 cm³/mol. The van der Waals surface area contributed by atoms with E-state index in [-0.39, 0.29) is 24.4 Å². The highest BCUT2D eigenvalue weighted by molar-refractivity contribution is 6.30. The summed E-state index contributed by atoms with van der Waals surface area (Å²) in [5, 5.41) is 0.753. The van der Waals surface area contributed by atoms with Crippen molar-refractivity contribution in [3.8, 4) is 0 Å². The van der Waals surface area contributed by atoms with Gasteiger partial charge in [-0.15, -0.1) is 12.4 Å². The molecule has 1 aliphatic carbocycles. The molecule has 1 saturated heterocycles. The van der Waals surface area contributed by atoms with Gasteiger partial charge in [0.2, 0.25) is 5.91 Å². The normalized spacial score (nSPS) is 26.2. The minimum Gasteiger partial charge on any atom is -0.342 e. The van der Waals surface area contributed by atoms with Crippen LogP contribution in [-0.4, -0.2) is 29.9 Å². The first-order valence-electron chi connectivity index (χ1n) is 7.86. The molecule has 3 unspecified atom stereocenters. The van der Waals surface area contributed by atoms with E-state index in [0.29, 0.717) is 17.7 Å². The summed E-state index contributed by atoms with van der Waals surface area (Å²) >= 11 is 6.03. The second kappa shape index (κ2) is 7.20. The fourth-order valence-electron chi connectivity index (χ4n) is 3.45. The Kier molecular flexibility index (Phi) is 5.76. The summed E-state index contributed by atoms with van der Waals surface area (Å²) in [5.74, 6) is 1.41. The van der Waals surface area contributed by atoms with Crippen molar-refractivity contribution in [1.29, 1.82) is 0 Å². The molecule has 1 amide bonds. The molecule has 0 bridgehead atoms. The Morgan fingerprint density at radius 1 is 1.36 bits per heavy atom. The van der Waals surface area contributed by atoms with Crippen LogP contribution >= 0.6 is 24.0 Å². The van der Waals surface area contributed by atoms with Gasteiger partial charge in [-0.05, 0) is 55.7 Å². The Morgan fingerprint density at radius 2 is 2.05 bits per heavy atom. The number of carbonyl (C=O) groups is 1. The molecule has 0 spiro atoms. The quantitative estimate of drug-likeness (QED) is 0.914. The van der Waals surface area contributed by atoms with Crippen LogP contribution in [0.1, 0.15) is 37.7 Å². The van der Waals surface area contributed by atoms with Crippen molar-refractivity contribution < 1.29 is 4.79 Å². The van der Waals surface area contributed by atoms with Gasteiger partial charge in [-0.25, -0.2) is 0 Å². The van der Waals surface area contributed by atoms with Gasteiger partial charge in [0.1, 0.15) is 0 Å². The van der Waals surface area contributed by atoms with Crippen LogP contribution in [0.5, 0.6) is 0 Å². The molecule has 2 aliphatic rings. The molecular formula is C17H24Cl2N2O. The number of halogens is 2. The lowest BCUT2D eigenvalue weighted by atomic mass is 9.91. The van der Waals surface area contributed by atoms with Crippen molar-refractivity contribution in [2.75, 3.05) is 13.1 Å². The van der Waals surface area contributed by atoms with E-state index in [9.17, 15) is 4.79 Å². The fraction of sp³-hybridized carbons (Fsp3) is 0.588. The van der Waals surface area contributed by atoms with Crippen molar-refractivity contribution in [3.63, 3.8) is 0 Å². The van der Waals surface area contributed by atoms with E-state index >= 15 is 0 Å². The van der Waals surface area contributed by atoms with E-state index in [1.54, 1.807) is 0 Å². The molecule has 1 heterocycles. The largest absolute Gasteiger partial charge is 0.342 e. The second-order valence-electron chi connectivity index (χ2n) is 6.53. The zero-order valence-electron chi connectivity index (χ0n) is 12.9. The van der Waals surface area contributed by atoms with E-state index in [1.807, 2.05) is 23.1 Å². The number of hydrogen-bond acceptors (Lipinski definition) is 2. The van der Waals surface area contributed by atoms with Gasteiger partial charge in [-0.3, -0.25) is 4.79 Å². The molecule has 1 saturated carbocycles. The minimum atomic E-state index is 0. The third-order valence-corrected chi connectivity index (χ3v) is 5.21. The molecule has 1 aromatic rings. The average molecular weight is 343 g/mol. The number of hydrogen-bond donors (Lipinski definition) is 1. The zero-order chi connectivity index (χ0) is 15.0. The van der Waals surface area contributed by atoms with Gasteiger partial charge in [0, 0.05) is 30.1 Å². The number of nitrogens with zero attached hydrogens (tertiary/aromatic N) is 1. The third-order valence-electron chi connectivity index (χ3n) is 4.98. The number of benzene rings is 1. The van der Waals surface area contributed by atoms with E-state index < -0.39 is 0 Å². The van der Waals surface area contributed by atoms with Crippen LogP contribution in [0.15, 0.2) is 24.3 Å². The Balaban J connectivity index is 0.00000176. The standard InChI is InChI=1S/C17H23ClN2O.ClH/c1-11(19)12-5-7-20(8-6-12)17(21)16-10-15(16)13-3-2-4-14(18)9-13;/h2-4,9,11-12,15-16H,5-8,10,19H2,1H3;1H. The topological polar surface area (TPSA) is 46.3 Å². The highest BCUT2D eigenvalue weighted by Gasteiger charge is 2.46. The third kappa shape index (κ3) is 3.76. The first-order chi connectivity index (χ1) is 10.1. The van der Waals surface area contributed by atoms with Gasteiger partial charge in [-0.2, -0.15) is 0 Å². The van der Waals surface area contributed by atoms with Crippen molar-refractivity contribution in [2.24, 2.45) is 17.6 Å². The van der Waals surface area contributed by atoms with Crippen LogP contribution in [0.4, 0.5) is 0 Å². The predicted octanol–water partition coefficient (Wildman–Crippen LogP) is 3.45. The molecule has 2 fully saturated rings. The number of piperidine rings is 1. The molecule has 3 rings (SSSR count). The van der Waals surface area contributed by atoms with E-state index in [2.05, 4.69) is 13.0 Å². The Morgan fingerprint density at radius 3 is 2.64 bits per heavy atom. The highest BCUT2D eigenvalue weighted by atomic mass is 35.5. The molecule has 3 atom stereocenters. The Labute approximate surface area is 143 Å². The number of carbonyl (C=O) groups excluding carboxylic acids is 1. The molecule has 5 heteroatoms. The summed E-state index contributed by atoms with van der Waals surface area (Å²) in [6.45, 7) is 3.80. The van der Waals surface area contributed by atoms with E-state index in [4.69, 9.17) is 17.3 Å².